The van der Waals surface area contributed by atoms with E-state index in [9.17, 15) is 4.79 Å². The fraction of sp³-hybridized carbons (Fsp3) is 0.643. The van der Waals surface area contributed by atoms with Crippen LogP contribution in [-0.4, -0.2) is 28.9 Å². The highest BCUT2D eigenvalue weighted by Gasteiger charge is 2.36. The number of aromatic nitrogens is 2. The van der Waals surface area contributed by atoms with Gasteiger partial charge >= 0.3 is 6.09 Å². The fourth-order valence-electron chi connectivity index (χ4n) is 3.18. The van der Waals surface area contributed by atoms with E-state index in [0.29, 0.717) is 6.61 Å². The van der Waals surface area contributed by atoms with E-state index in [-0.39, 0.29) is 12.1 Å². The van der Waals surface area contributed by atoms with Crippen molar-refractivity contribution in [3.63, 3.8) is 0 Å². The summed E-state index contributed by atoms with van der Waals surface area (Å²) < 4.78 is 5.21. The minimum atomic E-state index is -0.256. The third-order valence-corrected chi connectivity index (χ3v) is 4.14. The summed E-state index contributed by atoms with van der Waals surface area (Å²) in [6.07, 6.45) is 10.6. The maximum absolute atomic E-state index is 11.9. The molecule has 0 aromatic carbocycles. The van der Waals surface area contributed by atoms with Crippen LogP contribution < -0.4 is 4.90 Å². The Kier molecular flexibility index (Phi) is 3.62. The Balaban J connectivity index is 1.71. The number of nitrogens with zero attached hydrogens (tertiary/aromatic N) is 3. The average Bonchev–Trinajstić information content (AvgIpc) is 2.82. The average molecular weight is 261 g/mol. The van der Waals surface area contributed by atoms with Crippen molar-refractivity contribution in [3.05, 3.63) is 18.5 Å². The first kappa shape index (κ1) is 12.4. The lowest BCUT2D eigenvalue weighted by molar-refractivity contribution is 0.177. The molecule has 0 bridgehead atoms. The third kappa shape index (κ3) is 2.69. The molecule has 3 rings (SSSR count). The highest BCUT2D eigenvalue weighted by Crippen LogP contribution is 2.32. The number of ether oxygens (including phenoxy) is 1. The summed E-state index contributed by atoms with van der Waals surface area (Å²) in [5.74, 6) is 0.727. The first-order chi connectivity index (χ1) is 9.34. The fourth-order valence-corrected chi connectivity index (χ4v) is 3.18. The molecule has 1 saturated heterocycles. The van der Waals surface area contributed by atoms with Crippen LogP contribution in [0.2, 0.25) is 0 Å². The van der Waals surface area contributed by atoms with Crippen LogP contribution >= 0.6 is 0 Å². The van der Waals surface area contributed by atoms with Gasteiger partial charge in [0.05, 0.1) is 24.1 Å². The van der Waals surface area contributed by atoms with Crippen LogP contribution in [0.3, 0.4) is 0 Å². The van der Waals surface area contributed by atoms with E-state index in [1.165, 1.54) is 32.1 Å². The molecule has 0 radical (unpaired) electrons. The molecule has 5 nitrogen and oxygen atoms in total. The lowest BCUT2D eigenvalue weighted by Crippen LogP contribution is -2.35. The van der Waals surface area contributed by atoms with Crippen molar-refractivity contribution in [2.75, 3.05) is 11.5 Å². The molecule has 0 spiro atoms. The highest BCUT2D eigenvalue weighted by atomic mass is 16.6. The Hall–Kier alpha value is -1.65. The minimum Gasteiger partial charge on any atom is -0.447 e. The number of cyclic esters (lactones) is 1. The number of carbonyl (C=O) groups is 1. The standard InChI is InChI=1S/C14H19N3O2/c18-14-17(12-6-7-15-16-9-12)13(10-19-14)8-11-4-2-1-3-5-11/h6-7,9,11,13H,1-5,8,10H2/t13-/m0/s1. The SMILES string of the molecule is O=C1OC[C@H](CC2CCCCC2)N1c1ccnnc1. The number of anilines is 1. The van der Waals surface area contributed by atoms with Crippen LogP contribution in [0.4, 0.5) is 10.5 Å². The first-order valence-corrected chi connectivity index (χ1v) is 7.07. The molecule has 19 heavy (non-hydrogen) atoms. The molecule has 2 fully saturated rings. The molecule has 0 N–H and O–H groups in total. The summed E-state index contributed by atoms with van der Waals surface area (Å²) in [7, 11) is 0. The van der Waals surface area contributed by atoms with E-state index in [1.807, 2.05) is 6.07 Å². The summed E-state index contributed by atoms with van der Waals surface area (Å²) in [5, 5.41) is 7.60. The normalized spacial score (nSPS) is 24.5. The molecule has 1 aromatic rings. The molecule has 1 aromatic heterocycles. The molecule has 102 valence electrons. The molecule has 1 saturated carbocycles. The second-order valence-corrected chi connectivity index (χ2v) is 5.44. The van der Waals surface area contributed by atoms with E-state index in [1.54, 1.807) is 17.3 Å². The van der Waals surface area contributed by atoms with Crippen molar-refractivity contribution in [3.8, 4) is 0 Å². The van der Waals surface area contributed by atoms with E-state index in [0.717, 1.165) is 18.0 Å². The van der Waals surface area contributed by atoms with Gasteiger partial charge in [-0.3, -0.25) is 4.90 Å². The van der Waals surface area contributed by atoms with Gasteiger partial charge in [-0.1, -0.05) is 32.1 Å². The Morgan fingerprint density at radius 2 is 2.11 bits per heavy atom. The summed E-state index contributed by atoms with van der Waals surface area (Å²) in [6, 6.07) is 1.97. The lowest BCUT2D eigenvalue weighted by Gasteiger charge is -2.27. The van der Waals surface area contributed by atoms with Crippen LogP contribution in [-0.2, 0) is 4.74 Å². The van der Waals surface area contributed by atoms with Crippen molar-refractivity contribution < 1.29 is 9.53 Å². The third-order valence-electron chi connectivity index (χ3n) is 4.14. The zero-order valence-corrected chi connectivity index (χ0v) is 11.0. The van der Waals surface area contributed by atoms with Gasteiger partial charge in [-0.05, 0) is 18.4 Å². The second kappa shape index (κ2) is 5.55. The van der Waals surface area contributed by atoms with Crippen LogP contribution in [0.25, 0.3) is 0 Å². The van der Waals surface area contributed by atoms with Crippen molar-refractivity contribution in [2.45, 2.75) is 44.6 Å². The number of amides is 1. The van der Waals surface area contributed by atoms with Gasteiger partial charge in [0.1, 0.15) is 6.61 Å². The van der Waals surface area contributed by atoms with E-state index in [2.05, 4.69) is 10.2 Å². The molecule has 5 heteroatoms. The Labute approximate surface area is 113 Å². The highest BCUT2D eigenvalue weighted by molar-refractivity contribution is 5.89. The largest absolute Gasteiger partial charge is 0.447 e. The molecular formula is C14H19N3O2. The number of hydrogen-bond donors (Lipinski definition) is 0. The van der Waals surface area contributed by atoms with Crippen LogP contribution in [0, 0.1) is 5.92 Å². The van der Waals surface area contributed by atoms with Gasteiger partial charge in [0.2, 0.25) is 0 Å². The van der Waals surface area contributed by atoms with E-state index in [4.69, 9.17) is 4.74 Å². The van der Waals surface area contributed by atoms with Gasteiger partial charge < -0.3 is 4.74 Å². The van der Waals surface area contributed by atoms with Gasteiger partial charge in [0.25, 0.3) is 0 Å². The lowest BCUT2D eigenvalue weighted by atomic mass is 9.85. The summed E-state index contributed by atoms with van der Waals surface area (Å²) in [6.45, 7) is 0.498. The molecule has 1 amide bonds. The number of carbonyl (C=O) groups excluding carboxylic acids is 1. The molecular weight excluding hydrogens is 242 g/mol. The summed E-state index contributed by atoms with van der Waals surface area (Å²) >= 11 is 0. The topological polar surface area (TPSA) is 55.3 Å². The summed E-state index contributed by atoms with van der Waals surface area (Å²) in [5.41, 5.74) is 0.790. The van der Waals surface area contributed by atoms with Crippen LogP contribution in [0.5, 0.6) is 0 Å². The van der Waals surface area contributed by atoms with Gasteiger partial charge in [0.15, 0.2) is 0 Å². The van der Waals surface area contributed by atoms with Gasteiger partial charge in [-0.25, -0.2) is 4.79 Å². The van der Waals surface area contributed by atoms with Crippen LogP contribution in [0.15, 0.2) is 18.5 Å². The number of hydrogen-bond acceptors (Lipinski definition) is 4. The van der Waals surface area contributed by atoms with Crippen molar-refractivity contribution in [1.29, 1.82) is 0 Å². The summed E-state index contributed by atoms with van der Waals surface area (Å²) in [4.78, 5) is 13.6. The zero-order chi connectivity index (χ0) is 13.1. The second-order valence-electron chi connectivity index (χ2n) is 5.44. The molecule has 1 atom stereocenters. The molecule has 2 heterocycles. The predicted molar refractivity (Wildman–Crippen MR) is 70.8 cm³/mol. The smallest absolute Gasteiger partial charge is 0.414 e. The van der Waals surface area contributed by atoms with Crippen LogP contribution in [0.1, 0.15) is 38.5 Å². The maximum Gasteiger partial charge on any atom is 0.414 e. The molecule has 2 aliphatic rings. The van der Waals surface area contributed by atoms with Gasteiger partial charge in [-0.2, -0.15) is 10.2 Å². The zero-order valence-electron chi connectivity index (χ0n) is 11.0. The molecule has 0 unspecified atom stereocenters. The predicted octanol–water partition coefficient (Wildman–Crippen LogP) is 2.77. The maximum atomic E-state index is 11.9. The Bertz CT molecular complexity index is 432. The Morgan fingerprint density at radius 3 is 2.84 bits per heavy atom. The van der Waals surface area contributed by atoms with Gasteiger partial charge in [0, 0.05) is 0 Å². The Morgan fingerprint density at radius 1 is 1.26 bits per heavy atom. The van der Waals surface area contributed by atoms with Crippen molar-refractivity contribution >= 4 is 11.8 Å². The van der Waals surface area contributed by atoms with E-state index < -0.39 is 0 Å². The van der Waals surface area contributed by atoms with E-state index >= 15 is 0 Å². The molecule has 1 aliphatic carbocycles. The van der Waals surface area contributed by atoms with Crippen molar-refractivity contribution in [2.24, 2.45) is 5.92 Å². The number of rotatable bonds is 3. The quantitative estimate of drug-likeness (QED) is 0.839. The minimum absolute atomic E-state index is 0.153. The van der Waals surface area contributed by atoms with Gasteiger partial charge in [-0.15, -0.1) is 0 Å². The monoisotopic (exact) mass is 261 g/mol. The first-order valence-electron chi connectivity index (χ1n) is 7.07. The molecule has 1 aliphatic heterocycles. The van der Waals surface area contributed by atoms with Crippen molar-refractivity contribution in [1.82, 2.24) is 10.2 Å².